The minimum atomic E-state index is -0.301. The Bertz CT molecular complexity index is 1040. The first kappa shape index (κ1) is 15.9. The van der Waals surface area contributed by atoms with E-state index in [-0.39, 0.29) is 12.1 Å². The second-order valence-corrected chi connectivity index (χ2v) is 5.96. The molecular formula is C19H18N6O. The smallest absolute Gasteiger partial charge is 0.330 e. The number of hydrogen-bond acceptors (Lipinski definition) is 3. The van der Waals surface area contributed by atoms with Crippen LogP contribution >= 0.6 is 0 Å². The minimum Gasteiger partial charge on any atom is -0.330 e. The highest BCUT2D eigenvalue weighted by Gasteiger charge is 2.12. The van der Waals surface area contributed by atoms with E-state index in [9.17, 15) is 4.79 Å². The lowest BCUT2D eigenvalue weighted by Crippen LogP contribution is -2.35. The molecule has 130 valence electrons. The number of carbonyl (C=O) groups is 1. The van der Waals surface area contributed by atoms with Crippen molar-refractivity contribution in [2.24, 2.45) is 0 Å². The number of nitrogens with zero attached hydrogens (tertiary/aromatic N) is 4. The third-order valence-corrected chi connectivity index (χ3v) is 4.16. The fourth-order valence-corrected chi connectivity index (χ4v) is 2.83. The molecule has 0 fully saturated rings. The zero-order valence-corrected chi connectivity index (χ0v) is 14.2. The Morgan fingerprint density at radius 1 is 1.12 bits per heavy atom. The monoisotopic (exact) mass is 346 g/mol. The topological polar surface area (TPSA) is 76.8 Å². The molecule has 2 N–H and O–H groups in total. The van der Waals surface area contributed by atoms with Crippen LogP contribution in [0.4, 0.5) is 4.79 Å². The lowest BCUT2D eigenvalue weighted by molar-refractivity contribution is 0.247. The van der Waals surface area contributed by atoms with Crippen LogP contribution in [0.25, 0.3) is 16.7 Å². The maximum absolute atomic E-state index is 12.4. The van der Waals surface area contributed by atoms with Gasteiger partial charge in [-0.2, -0.15) is 5.10 Å². The van der Waals surface area contributed by atoms with Gasteiger partial charge in [0.2, 0.25) is 0 Å². The largest absolute Gasteiger partial charge is 0.334 e. The lowest BCUT2D eigenvalue weighted by Gasteiger charge is -2.16. The van der Waals surface area contributed by atoms with Crippen LogP contribution in [0.1, 0.15) is 18.5 Å². The lowest BCUT2D eigenvalue weighted by atomic mass is 10.1. The number of para-hydroxylation sites is 2. The molecule has 2 amide bonds. The number of carbonyl (C=O) groups excluding carboxylic acids is 1. The molecule has 0 aliphatic rings. The third-order valence-electron chi connectivity index (χ3n) is 4.16. The van der Waals surface area contributed by atoms with Crippen molar-refractivity contribution in [1.82, 2.24) is 24.8 Å². The van der Waals surface area contributed by atoms with E-state index in [2.05, 4.69) is 20.8 Å². The van der Waals surface area contributed by atoms with Gasteiger partial charge in [0.15, 0.2) is 0 Å². The number of hydrogen-bond donors (Lipinski definition) is 2. The molecule has 7 nitrogen and oxygen atoms in total. The van der Waals surface area contributed by atoms with Gasteiger partial charge in [-0.05, 0) is 42.8 Å². The summed E-state index contributed by atoms with van der Waals surface area (Å²) in [5.74, 6) is 0. The third kappa shape index (κ3) is 3.14. The van der Waals surface area contributed by atoms with Crippen LogP contribution in [0.5, 0.6) is 0 Å². The summed E-state index contributed by atoms with van der Waals surface area (Å²) in [7, 11) is 0. The fraction of sp³-hybridized carbons (Fsp3) is 0.105. The first-order valence-corrected chi connectivity index (χ1v) is 8.30. The van der Waals surface area contributed by atoms with E-state index >= 15 is 0 Å². The molecule has 1 atom stereocenters. The Hall–Kier alpha value is -3.61. The average molecular weight is 346 g/mol. The molecular weight excluding hydrogens is 328 g/mol. The number of benzene rings is 2. The molecule has 0 unspecified atom stereocenters. The van der Waals surface area contributed by atoms with Gasteiger partial charge in [0.05, 0.1) is 22.8 Å². The molecule has 0 saturated heterocycles. The highest BCUT2D eigenvalue weighted by molar-refractivity contribution is 5.85. The van der Waals surface area contributed by atoms with Crippen molar-refractivity contribution < 1.29 is 4.79 Å². The minimum absolute atomic E-state index is 0.166. The first-order valence-electron chi connectivity index (χ1n) is 8.30. The summed E-state index contributed by atoms with van der Waals surface area (Å²) in [5, 5.41) is 7.18. The summed E-state index contributed by atoms with van der Waals surface area (Å²) in [6, 6.07) is 16.9. The Morgan fingerprint density at radius 2 is 2.00 bits per heavy atom. The van der Waals surface area contributed by atoms with Gasteiger partial charge in [0.1, 0.15) is 6.33 Å². The molecule has 0 spiro atoms. The number of rotatable bonds is 4. The Morgan fingerprint density at radius 3 is 2.85 bits per heavy atom. The van der Waals surface area contributed by atoms with E-state index in [1.807, 2.05) is 67.7 Å². The summed E-state index contributed by atoms with van der Waals surface area (Å²) in [6.07, 6.45) is 5.21. The van der Waals surface area contributed by atoms with Gasteiger partial charge in [-0.25, -0.2) is 24.6 Å². The van der Waals surface area contributed by atoms with Crippen molar-refractivity contribution in [2.45, 2.75) is 13.0 Å². The van der Waals surface area contributed by atoms with Crippen LogP contribution in [0.3, 0.4) is 0 Å². The Labute approximate surface area is 150 Å². The second-order valence-electron chi connectivity index (χ2n) is 5.96. The summed E-state index contributed by atoms with van der Waals surface area (Å²) in [5.41, 5.74) is 6.40. The number of nitrogens with one attached hydrogen (secondary N) is 2. The maximum atomic E-state index is 12.4. The van der Waals surface area contributed by atoms with Gasteiger partial charge in [-0.1, -0.05) is 24.3 Å². The molecule has 2 aromatic heterocycles. The molecule has 0 aliphatic heterocycles. The van der Waals surface area contributed by atoms with Crippen LogP contribution in [-0.4, -0.2) is 25.5 Å². The zero-order valence-electron chi connectivity index (χ0n) is 14.2. The van der Waals surface area contributed by atoms with Gasteiger partial charge < -0.3 is 5.32 Å². The number of aromatic nitrogens is 4. The molecule has 0 saturated carbocycles. The quantitative estimate of drug-likeness (QED) is 0.595. The van der Waals surface area contributed by atoms with Gasteiger partial charge >= 0.3 is 6.03 Å². The Balaban J connectivity index is 1.47. The van der Waals surface area contributed by atoms with Crippen LogP contribution in [0, 0.1) is 0 Å². The zero-order chi connectivity index (χ0) is 17.9. The SMILES string of the molecule is C[C@@H](NC(=O)Nn1cnc2ccccc21)c1cccc(-n2cccn2)c1. The summed E-state index contributed by atoms with van der Waals surface area (Å²) >= 11 is 0. The van der Waals surface area contributed by atoms with Crippen molar-refractivity contribution in [3.63, 3.8) is 0 Å². The van der Waals surface area contributed by atoms with E-state index < -0.39 is 0 Å². The number of imidazole rings is 1. The van der Waals surface area contributed by atoms with Crippen molar-refractivity contribution >= 4 is 17.1 Å². The number of fused-ring (bicyclic) bond motifs is 1. The average Bonchev–Trinajstić information content (AvgIpc) is 3.32. The van der Waals surface area contributed by atoms with Gasteiger partial charge in [-0.3, -0.25) is 0 Å². The normalized spacial score (nSPS) is 12.0. The van der Waals surface area contributed by atoms with Crippen LogP contribution in [0.2, 0.25) is 0 Å². The number of amides is 2. The van der Waals surface area contributed by atoms with E-state index in [0.717, 1.165) is 22.3 Å². The van der Waals surface area contributed by atoms with Gasteiger partial charge in [0.25, 0.3) is 0 Å². The highest BCUT2D eigenvalue weighted by Crippen LogP contribution is 2.16. The van der Waals surface area contributed by atoms with Gasteiger partial charge in [0, 0.05) is 12.4 Å². The van der Waals surface area contributed by atoms with Crippen LogP contribution in [-0.2, 0) is 0 Å². The molecule has 4 rings (SSSR count). The van der Waals surface area contributed by atoms with Crippen LogP contribution in [0.15, 0.2) is 73.3 Å². The summed E-state index contributed by atoms with van der Waals surface area (Å²) in [4.78, 5) is 16.6. The maximum Gasteiger partial charge on any atom is 0.334 e. The van der Waals surface area contributed by atoms with E-state index in [0.29, 0.717) is 0 Å². The summed E-state index contributed by atoms with van der Waals surface area (Å²) < 4.78 is 3.39. The first-order chi connectivity index (χ1) is 12.7. The van der Waals surface area contributed by atoms with E-state index in [1.165, 1.54) is 0 Å². The molecule has 0 radical (unpaired) electrons. The molecule has 2 aromatic carbocycles. The predicted octanol–water partition coefficient (Wildman–Crippen LogP) is 3.24. The highest BCUT2D eigenvalue weighted by atomic mass is 16.2. The molecule has 4 aromatic rings. The fourth-order valence-electron chi connectivity index (χ4n) is 2.83. The number of urea groups is 1. The van der Waals surface area contributed by atoms with Crippen molar-refractivity contribution in [3.8, 4) is 5.69 Å². The standard InChI is InChI=1S/C19H18N6O/c1-14(15-6-4-7-16(12-15)24-11-5-10-21-24)22-19(26)23-25-13-20-17-8-2-3-9-18(17)25/h2-14H,1H3,(H2,22,23,26)/t14-/m1/s1. The molecule has 26 heavy (non-hydrogen) atoms. The van der Waals surface area contributed by atoms with Gasteiger partial charge in [-0.15, -0.1) is 0 Å². The Kier molecular flexibility index (Phi) is 4.10. The molecule has 2 heterocycles. The molecule has 0 aliphatic carbocycles. The van der Waals surface area contributed by atoms with Crippen molar-refractivity contribution in [3.05, 3.63) is 78.9 Å². The predicted molar refractivity (Wildman–Crippen MR) is 99.6 cm³/mol. The van der Waals surface area contributed by atoms with Crippen molar-refractivity contribution in [1.29, 1.82) is 0 Å². The summed E-state index contributed by atoms with van der Waals surface area (Å²) in [6.45, 7) is 1.94. The molecule has 7 heteroatoms. The van der Waals surface area contributed by atoms with E-state index in [1.54, 1.807) is 21.9 Å². The van der Waals surface area contributed by atoms with E-state index in [4.69, 9.17) is 0 Å². The molecule has 0 bridgehead atoms. The second kappa shape index (κ2) is 6.72. The van der Waals surface area contributed by atoms with Crippen LogP contribution < -0.4 is 10.7 Å². The van der Waals surface area contributed by atoms with Crippen molar-refractivity contribution in [2.75, 3.05) is 5.43 Å².